The maximum atomic E-state index is 11.4. The van der Waals surface area contributed by atoms with Crippen LogP contribution >= 0.6 is 22.9 Å². The molecule has 0 unspecified atom stereocenters. The Balaban J connectivity index is 1.96. The highest BCUT2D eigenvalue weighted by atomic mass is 35.5. The van der Waals surface area contributed by atoms with Gasteiger partial charge in [-0.1, -0.05) is 13.0 Å². The van der Waals surface area contributed by atoms with Gasteiger partial charge in [-0.2, -0.15) is 0 Å². The van der Waals surface area contributed by atoms with Crippen LogP contribution in [0.25, 0.3) is 6.08 Å². The molecule has 21 heavy (non-hydrogen) atoms. The van der Waals surface area contributed by atoms with E-state index in [9.17, 15) is 9.90 Å². The number of halogens is 1. The lowest BCUT2D eigenvalue weighted by Gasteiger charge is -2.20. The van der Waals surface area contributed by atoms with E-state index in [1.807, 2.05) is 12.1 Å². The minimum absolute atomic E-state index is 0.135. The van der Waals surface area contributed by atoms with E-state index in [2.05, 4.69) is 13.0 Å². The Kier molecular flexibility index (Phi) is 5.85. The van der Waals surface area contributed by atoms with Gasteiger partial charge in [0, 0.05) is 16.9 Å². The zero-order chi connectivity index (χ0) is 15.4. The Morgan fingerprint density at radius 1 is 1.52 bits per heavy atom. The van der Waals surface area contributed by atoms with E-state index in [0.29, 0.717) is 16.7 Å². The second-order valence-electron chi connectivity index (χ2n) is 5.57. The Morgan fingerprint density at radius 3 is 2.95 bits per heavy atom. The van der Waals surface area contributed by atoms with E-state index in [-0.39, 0.29) is 23.9 Å². The average molecular weight is 329 g/mol. The number of allylic oxidation sites excluding steroid dienone is 1. The molecule has 1 aromatic heterocycles. The molecule has 0 amide bonds. The van der Waals surface area contributed by atoms with Crippen LogP contribution in [-0.2, 0) is 4.74 Å². The van der Waals surface area contributed by atoms with Crippen molar-refractivity contribution in [2.24, 2.45) is 17.8 Å². The fourth-order valence-corrected chi connectivity index (χ4v) is 4.45. The molecule has 4 atom stereocenters. The SMILES string of the molecule is COC(=O)c1ccc(/C=C/C[C@@H]2[C@@H](CO)[C@H](C)C[C@H]2Cl)s1. The largest absolute Gasteiger partial charge is 0.465 e. The third kappa shape index (κ3) is 3.87. The zero-order valence-electron chi connectivity index (χ0n) is 12.3. The number of thiophene rings is 1. The van der Waals surface area contributed by atoms with Crippen molar-refractivity contribution in [3.63, 3.8) is 0 Å². The predicted molar refractivity (Wildman–Crippen MR) is 86.8 cm³/mol. The summed E-state index contributed by atoms with van der Waals surface area (Å²) in [6.07, 6.45) is 5.93. The Morgan fingerprint density at radius 2 is 2.29 bits per heavy atom. The molecule has 0 aromatic carbocycles. The lowest BCUT2D eigenvalue weighted by atomic mass is 9.89. The molecule has 1 aliphatic rings. The summed E-state index contributed by atoms with van der Waals surface area (Å²) in [6, 6.07) is 3.68. The predicted octanol–water partition coefficient (Wildman–Crippen LogP) is 3.81. The third-order valence-electron chi connectivity index (χ3n) is 4.26. The molecule has 0 spiro atoms. The molecular weight excluding hydrogens is 308 g/mol. The second kappa shape index (κ2) is 7.43. The number of rotatable bonds is 5. The molecule has 1 aromatic rings. The lowest BCUT2D eigenvalue weighted by Crippen LogP contribution is -2.20. The summed E-state index contributed by atoms with van der Waals surface area (Å²) in [4.78, 5) is 13.0. The first-order valence-corrected chi connectivity index (χ1v) is 8.41. The number of carbonyl (C=O) groups is 1. The van der Waals surface area contributed by atoms with Crippen molar-refractivity contribution in [3.05, 3.63) is 28.0 Å². The molecule has 1 fully saturated rings. The molecule has 2 rings (SSSR count). The highest BCUT2D eigenvalue weighted by Crippen LogP contribution is 2.42. The minimum Gasteiger partial charge on any atom is -0.465 e. The summed E-state index contributed by atoms with van der Waals surface area (Å²) < 4.78 is 4.69. The smallest absolute Gasteiger partial charge is 0.348 e. The highest BCUT2D eigenvalue weighted by Gasteiger charge is 2.38. The van der Waals surface area contributed by atoms with Gasteiger partial charge in [0.25, 0.3) is 0 Å². The van der Waals surface area contributed by atoms with E-state index < -0.39 is 0 Å². The molecule has 5 heteroatoms. The van der Waals surface area contributed by atoms with E-state index in [0.717, 1.165) is 17.7 Å². The highest BCUT2D eigenvalue weighted by molar-refractivity contribution is 7.14. The molecule has 1 heterocycles. The van der Waals surface area contributed by atoms with Gasteiger partial charge in [-0.25, -0.2) is 4.79 Å². The summed E-state index contributed by atoms with van der Waals surface area (Å²) in [6.45, 7) is 2.36. The molecule has 0 aliphatic heterocycles. The molecular formula is C16H21ClO3S. The van der Waals surface area contributed by atoms with Crippen molar-refractivity contribution >= 4 is 35.0 Å². The molecule has 0 bridgehead atoms. The number of esters is 1. The van der Waals surface area contributed by atoms with Crippen LogP contribution in [0.5, 0.6) is 0 Å². The van der Waals surface area contributed by atoms with Gasteiger partial charge in [-0.15, -0.1) is 22.9 Å². The van der Waals surface area contributed by atoms with Crippen LogP contribution in [0.4, 0.5) is 0 Å². The first-order valence-electron chi connectivity index (χ1n) is 7.16. The molecule has 0 radical (unpaired) electrons. The second-order valence-corrected chi connectivity index (χ2v) is 7.25. The first-order chi connectivity index (χ1) is 10.1. The number of aliphatic hydroxyl groups is 1. The van der Waals surface area contributed by atoms with Gasteiger partial charge in [-0.3, -0.25) is 0 Å². The third-order valence-corrected chi connectivity index (χ3v) is 5.79. The molecule has 1 N–H and O–H groups in total. The van der Waals surface area contributed by atoms with Gasteiger partial charge in [0.05, 0.1) is 7.11 Å². The zero-order valence-corrected chi connectivity index (χ0v) is 13.9. The Bertz CT molecular complexity index is 511. The Hall–Kier alpha value is -0.840. The molecule has 3 nitrogen and oxygen atoms in total. The standard InChI is InChI=1S/C16H21ClO3S/c1-10-8-14(17)12(13(10)9-18)5-3-4-11-6-7-15(21-11)16(19)20-2/h3-4,6-7,10,12-14,18H,5,8-9H2,1-2H3/b4-3+/t10-,12-,13+,14-/m1/s1. The van der Waals surface area contributed by atoms with Gasteiger partial charge >= 0.3 is 5.97 Å². The fraction of sp³-hybridized carbons (Fsp3) is 0.562. The number of carbonyl (C=O) groups excluding carboxylic acids is 1. The van der Waals surface area contributed by atoms with Crippen LogP contribution in [0.1, 0.15) is 34.3 Å². The number of hydrogen-bond acceptors (Lipinski definition) is 4. The Labute approximate surface area is 134 Å². The maximum absolute atomic E-state index is 11.4. The maximum Gasteiger partial charge on any atom is 0.348 e. The van der Waals surface area contributed by atoms with Crippen LogP contribution in [0, 0.1) is 17.8 Å². The summed E-state index contributed by atoms with van der Waals surface area (Å²) >= 11 is 7.80. The van der Waals surface area contributed by atoms with Crippen molar-refractivity contribution in [2.45, 2.75) is 25.1 Å². The number of methoxy groups -OCH3 is 1. The number of alkyl halides is 1. The van der Waals surface area contributed by atoms with E-state index in [4.69, 9.17) is 16.3 Å². The first kappa shape index (κ1) is 16.5. The van der Waals surface area contributed by atoms with E-state index >= 15 is 0 Å². The summed E-state index contributed by atoms with van der Waals surface area (Å²) in [5.41, 5.74) is 0. The van der Waals surface area contributed by atoms with Crippen LogP contribution in [0.2, 0.25) is 0 Å². The van der Waals surface area contributed by atoms with Gasteiger partial charge in [0.15, 0.2) is 0 Å². The van der Waals surface area contributed by atoms with Crippen LogP contribution in [0.3, 0.4) is 0 Å². The number of hydrogen-bond donors (Lipinski definition) is 1. The van der Waals surface area contributed by atoms with Gasteiger partial charge in [0.2, 0.25) is 0 Å². The monoisotopic (exact) mass is 328 g/mol. The number of aliphatic hydroxyl groups excluding tert-OH is 1. The van der Waals surface area contributed by atoms with Crippen molar-refractivity contribution < 1.29 is 14.6 Å². The van der Waals surface area contributed by atoms with Gasteiger partial charge < -0.3 is 9.84 Å². The molecule has 0 saturated heterocycles. The fourth-order valence-electron chi connectivity index (χ4n) is 3.03. The normalized spacial score (nSPS) is 29.1. The minimum atomic E-state index is -0.301. The summed E-state index contributed by atoms with van der Waals surface area (Å²) in [5.74, 6) is 0.781. The van der Waals surface area contributed by atoms with Crippen molar-refractivity contribution in [3.8, 4) is 0 Å². The van der Waals surface area contributed by atoms with Gasteiger partial charge in [-0.05, 0) is 48.8 Å². The molecule has 1 saturated carbocycles. The van der Waals surface area contributed by atoms with Crippen molar-refractivity contribution in [2.75, 3.05) is 13.7 Å². The molecule has 1 aliphatic carbocycles. The summed E-state index contributed by atoms with van der Waals surface area (Å²) in [5, 5.41) is 9.64. The average Bonchev–Trinajstić information content (AvgIpc) is 3.03. The van der Waals surface area contributed by atoms with Gasteiger partial charge in [0.1, 0.15) is 4.88 Å². The summed E-state index contributed by atoms with van der Waals surface area (Å²) in [7, 11) is 1.38. The van der Waals surface area contributed by atoms with Crippen LogP contribution in [0.15, 0.2) is 18.2 Å². The number of ether oxygens (including phenoxy) is 1. The van der Waals surface area contributed by atoms with Crippen LogP contribution < -0.4 is 0 Å². The van der Waals surface area contributed by atoms with E-state index in [1.165, 1.54) is 18.4 Å². The van der Waals surface area contributed by atoms with Crippen molar-refractivity contribution in [1.82, 2.24) is 0 Å². The van der Waals surface area contributed by atoms with Crippen LogP contribution in [-0.4, -0.2) is 30.2 Å². The topological polar surface area (TPSA) is 46.5 Å². The lowest BCUT2D eigenvalue weighted by molar-refractivity contribution is 0.0606. The quantitative estimate of drug-likeness (QED) is 0.660. The van der Waals surface area contributed by atoms with E-state index in [1.54, 1.807) is 6.07 Å². The van der Waals surface area contributed by atoms with Crippen molar-refractivity contribution in [1.29, 1.82) is 0 Å². The molecule has 116 valence electrons.